The van der Waals surface area contributed by atoms with Crippen molar-refractivity contribution in [2.45, 2.75) is 25.8 Å². The number of aromatic nitrogens is 1. The molecule has 7 nitrogen and oxygen atoms in total. The van der Waals surface area contributed by atoms with Gasteiger partial charge in [-0.2, -0.15) is 0 Å². The van der Waals surface area contributed by atoms with Crippen LogP contribution in [0.5, 0.6) is 0 Å². The summed E-state index contributed by atoms with van der Waals surface area (Å²) in [7, 11) is 2.17. The van der Waals surface area contributed by atoms with Gasteiger partial charge in [-0.05, 0) is 93.9 Å². The molecule has 5 rings (SSSR count). The van der Waals surface area contributed by atoms with E-state index in [9.17, 15) is 0 Å². The number of anilines is 2. The van der Waals surface area contributed by atoms with E-state index in [1.807, 2.05) is 0 Å². The van der Waals surface area contributed by atoms with Crippen molar-refractivity contribution in [1.29, 1.82) is 0 Å². The normalized spacial score (nSPS) is 15.5. The summed E-state index contributed by atoms with van der Waals surface area (Å²) in [5.41, 5.74) is 15.3. The highest BCUT2D eigenvalue weighted by Crippen LogP contribution is 2.30. The quantitative estimate of drug-likeness (QED) is 0.292. The standard InChI is InChI=1S/C31H43N7/c1-37(16-2-11-32)17-3-12-35-28-21-30(24-6-8-29(9-7-24)38-18-14-33-15-19-38)36-31(22-28)26-4-5-27-23-34-13-10-25(27)20-26/h4-9,20-22,33-34H,2-3,10-19,23,32H2,1H3,(H,35,36). The van der Waals surface area contributed by atoms with Gasteiger partial charge in [0.15, 0.2) is 0 Å². The minimum absolute atomic E-state index is 0.751. The maximum absolute atomic E-state index is 5.66. The topological polar surface area (TPSA) is 81.5 Å². The average molecular weight is 514 g/mol. The zero-order valence-corrected chi connectivity index (χ0v) is 22.8. The summed E-state index contributed by atoms with van der Waals surface area (Å²) in [6.07, 6.45) is 3.20. The number of hydrogen-bond acceptors (Lipinski definition) is 7. The summed E-state index contributed by atoms with van der Waals surface area (Å²) in [6, 6.07) is 20.2. The Kier molecular flexibility index (Phi) is 9.25. The Hall–Kier alpha value is -2.97. The van der Waals surface area contributed by atoms with E-state index < -0.39 is 0 Å². The smallest absolute Gasteiger partial charge is 0.0730 e. The van der Waals surface area contributed by atoms with Crippen LogP contribution in [0, 0.1) is 0 Å². The van der Waals surface area contributed by atoms with Gasteiger partial charge in [-0.1, -0.05) is 24.3 Å². The van der Waals surface area contributed by atoms with E-state index in [0.717, 1.165) is 107 Å². The van der Waals surface area contributed by atoms with E-state index in [0.29, 0.717) is 0 Å². The van der Waals surface area contributed by atoms with Crippen LogP contribution in [0.15, 0.2) is 54.6 Å². The zero-order chi connectivity index (χ0) is 26.2. The van der Waals surface area contributed by atoms with Crippen LogP contribution in [-0.2, 0) is 13.0 Å². The first-order chi connectivity index (χ1) is 18.7. The number of nitrogens with zero attached hydrogens (tertiary/aromatic N) is 3. The van der Waals surface area contributed by atoms with Crippen molar-refractivity contribution < 1.29 is 0 Å². The Morgan fingerprint density at radius 2 is 1.61 bits per heavy atom. The SMILES string of the molecule is CN(CCCN)CCCNc1cc(-c2ccc(N3CCNCC3)cc2)nc(-c2ccc3c(c2)CCNC3)c1. The van der Waals surface area contributed by atoms with Gasteiger partial charge in [0.05, 0.1) is 11.4 Å². The molecule has 3 heterocycles. The van der Waals surface area contributed by atoms with Gasteiger partial charge in [-0.15, -0.1) is 0 Å². The molecule has 0 unspecified atom stereocenters. The third-order valence-electron chi connectivity index (χ3n) is 7.65. The first kappa shape index (κ1) is 26.6. The number of pyridine rings is 1. The number of piperazine rings is 1. The molecule has 202 valence electrons. The lowest BCUT2D eigenvalue weighted by atomic mass is 9.97. The van der Waals surface area contributed by atoms with E-state index in [-0.39, 0.29) is 0 Å². The highest BCUT2D eigenvalue weighted by molar-refractivity contribution is 5.73. The van der Waals surface area contributed by atoms with Crippen LogP contribution in [0.1, 0.15) is 24.0 Å². The predicted molar refractivity (Wildman–Crippen MR) is 160 cm³/mol. The fourth-order valence-electron chi connectivity index (χ4n) is 5.39. The van der Waals surface area contributed by atoms with E-state index in [4.69, 9.17) is 10.7 Å². The van der Waals surface area contributed by atoms with Crippen molar-refractivity contribution in [2.24, 2.45) is 5.73 Å². The summed E-state index contributed by atoms with van der Waals surface area (Å²) in [5, 5.41) is 10.6. The fourth-order valence-corrected chi connectivity index (χ4v) is 5.39. The molecule has 0 bridgehead atoms. The van der Waals surface area contributed by atoms with Gasteiger partial charge < -0.3 is 31.5 Å². The molecule has 2 aliphatic heterocycles. The van der Waals surface area contributed by atoms with Crippen molar-refractivity contribution in [3.8, 4) is 22.5 Å². The maximum Gasteiger partial charge on any atom is 0.0730 e. The highest BCUT2D eigenvalue weighted by atomic mass is 15.2. The van der Waals surface area contributed by atoms with E-state index in [1.165, 1.54) is 22.4 Å². The molecule has 0 spiro atoms. The Morgan fingerprint density at radius 3 is 2.39 bits per heavy atom. The fraction of sp³-hybridized carbons (Fsp3) is 0.452. The molecule has 1 fully saturated rings. The molecule has 1 aromatic heterocycles. The van der Waals surface area contributed by atoms with Crippen molar-refractivity contribution in [3.63, 3.8) is 0 Å². The second-order valence-electron chi connectivity index (χ2n) is 10.5. The minimum Gasteiger partial charge on any atom is -0.385 e. The molecule has 7 heteroatoms. The number of rotatable bonds is 11. The lowest BCUT2D eigenvalue weighted by molar-refractivity contribution is 0.330. The Balaban J connectivity index is 1.37. The molecule has 3 aromatic rings. The second kappa shape index (κ2) is 13.2. The summed E-state index contributed by atoms with van der Waals surface area (Å²) in [5.74, 6) is 0. The molecular weight excluding hydrogens is 470 g/mol. The monoisotopic (exact) mass is 513 g/mol. The zero-order valence-electron chi connectivity index (χ0n) is 22.8. The molecule has 0 atom stereocenters. The van der Waals surface area contributed by atoms with Crippen molar-refractivity contribution >= 4 is 11.4 Å². The second-order valence-corrected chi connectivity index (χ2v) is 10.5. The van der Waals surface area contributed by atoms with E-state index in [2.05, 4.69) is 87.4 Å². The number of hydrogen-bond donors (Lipinski definition) is 4. The predicted octanol–water partition coefficient (Wildman–Crippen LogP) is 3.55. The third kappa shape index (κ3) is 6.91. The Morgan fingerprint density at radius 1 is 0.868 bits per heavy atom. The molecule has 1 saturated heterocycles. The highest BCUT2D eigenvalue weighted by Gasteiger charge is 2.14. The third-order valence-corrected chi connectivity index (χ3v) is 7.65. The first-order valence-electron chi connectivity index (χ1n) is 14.2. The number of nitrogens with two attached hydrogens (primary N) is 1. The summed E-state index contributed by atoms with van der Waals surface area (Å²) >= 11 is 0. The molecule has 0 radical (unpaired) electrons. The number of fused-ring (bicyclic) bond motifs is 1. The van der Waals surface area contributed by atoms with Crippen molar-refractivity contribution in [2.75, 3.05) is 76.2 Å². The van der Waals surface area contributed by atoms with Crippen LogP contribution >= 0.6 is 0 Å². The minimum atomic E-state index is 0.751. The van der Waals surface area contributed by atoms with Gasteiger partial charge in [-0.25, -0.2) is 4.98 Å². The molecule has 0 aliphatic carbocycles. The lowest BCUT2D eigenvalue weighted by Gasteiger charge is -2.29. The number of nitrogens with one attached hydrogen (secondary N) is 3. The van der Waals surface area contributed by atoms with Gasteiger partial charge in [0.25, 0.3) is 0 Å². The van der Waals surface area contributed by atoms with Gasteiger partial charge in [0.2, 0.25) is 0 Å². The molecule has 2 aromatic carbocycles. The average Bonchev–Trinajstić information content (AvgIpc) is 2.98. The van der Waals surface area contributed by atoms with E-state index >= 15 is 0 Å². The Bertz CT molecular complexity index is 1170. The molecule has 0 saturated carbocycles. The van der Waals surface area contributed by atoms with Crippen LogP contribution < -0.4 is 26.6 Å². The van der Waals surface area contributed by atoms with Crippen molar-refractivity contribution in [3.05, 3.63) is 65.7 Å². The van der Waals surface area contributed by atoms with E-state index in [1.54, 1.807) is 0 Å². The Labute approximate surface area is 227 Å². The largest absolute Gasteiger partial charge is 0.385 e. The van der Waals surface area contributed by atoms with Gasteiger partial charge in [0.1, 0.15) is 0 Å². The molecule has 5 N–H and O–H groups in total. The van der Waals surface area contributed by atoms with Crippen LogP contribution in [0.25, 0.3) is 22.5 Å². The lowest BCUT2D eigenvalue weighted by Crippen LogP contribution is -2.43. The summed E-state index contributed by atoms with van der Waals surface area (Å²) < 4.78 is 0. The van der Waals surface area contributed by atoms with Crippen LogP contribution in [0.3, 0.4) is 0 Å². The molecule has 38 heavy (non-hydrogen) atoms. The van der Waals surface area contributed by atoms with Crippen LogP contribution in [-0.4, -0.2) is 75.8 Å². The van der Waals surface area contributed by atoms with Crippen LogP contribution in [0.2, 0.25) is 0 Å². The van der Waals surface area contributed by atoms with Gasteiger partial charge in [-0.3, -0.25) is 0 Å². The summed E-state index contributed by atoms with van der Waals surface area (Å²) in [4.78, 5) is 9.96. The van der Waals surface area contributed by atoms with Gasteiger partial charge >= 0.3 is 0 Å². The maximum atomic E-state index is 5.66. The number of benzene rings is 2. The van der Waals surface area contributed by atoms with Crippen LogP contribution in [0.4, 0.5) is 11.4 Å². The molecule has 2 aliphatic rings. The molecule has 0 amide bonds. The van der Waals surface area contributed by atoms with Crippen molar-refractivity contribution in [1.82, 2.24) is 20.5 Å². The molecular formula is C31H43N7. The summed E-state index contributed by atoms with van der Waals surface area (Å²) in [6.45, 7) is 9.97. The van der Waals surface area contributed by atoms with Gasteiger partial charge in [0, 0.05) is 61.8 Å². The first-order valence-corrected chi connectivity index (χ1v) is 14.2.